The molecule has 0 heterocycles. The molecule has 44 valence electrons. The summed E-state index contributed by atoms with van der Waals surface area (Å²) in [7, 11) is 0. The Balaban J connectivity index is 3.50. The number of allylic oxidation sites excluding steroid dienone is 3. The van der Waals surface area contributed by atoms with Crippen molar-refractivity contribution >= 4 is 5.97 Å². The fraction of sp³-hybridized carbons (Fsp3) is 0.167. The molecule has 0 amide bonds. The third kappa shape index (κ3) is 4.95. The van der Waals surface area contributed by atoms with Crippen LogP contribution in [0.5, 0.6) is 0 Å². The van der Waals surface area contributed by atoms with Crippen LogP contribution >= 0.6 is 0 Å². The highest BCUT2D eigenvalue weighted by Crippen LogP contribution is 1.72. The van der Waals surface area contributed by atoms with Crippen molar-refractivity contribution < 1.29 is 9.90 Å². The minimum absolute atomic E-state index is 0.972. The van der Waals surface area contributed by atoms with E-state index in [1.807, 2.05) is 0 Å². The molecule has 0 saturated carbocycles. The lowest BCUT2D eigenvalue weighted by Crippen LogP contribution is -2.18. The van der Waals surface area contributed by atoms with Gasteiger partial charge in [-0.15, -0.1) is 0 Å². The van der Waals surface area contributed by atoms with Crippen LogP contribution in [0, 0.1) is 0 Å². The molecule has 0 aliphatic rings. The first kappa shape index (κ1) is 6.95. The summed E-state index contributed by atoms with van der Waals surface area (Å²) in [4.78, 5) is 9.64. The molecule has 0 bridgehead atoms. The summed E-state index contributed by atoms with van der Waals surface area (Å²) in [5, 5.41) is 9.64. The molecule has 0 atom stereocenters. The zero-order valence-electron chi connectivity index (χ0n) is 4.63. The zero-order chi connectivity index (χ0) is 6.41. The molecule has 0 spiro atoms. The van der Waals surface area contributed by atoms with Crippen molar-refractivity contribution in [2.45, 2.75) is 6.92 Å². The number of rotatable bonds is 2. The van der Waals surface area contributed by atoms with Gasteiger partial charge in [-0.2, -0.15) is 0 Å². The molecule has 0 radical (unpaired) electrons. The van der Waals surface area contributed by atoms with Gasteiger partial charge < -0.3 is 9.90 Å². The molecule has 0 saturated heterocycles. The molecule has 0 aromatic heterocycles. The normalized spacial score (nSPS) is 11.1. The van der Waals surface area contributed by atoms with Crippen LogP contribution in [-0.4, -0.2) is 5.97 Å². The van der Waals surface area contributed by atoms with Gasteiger partial charge in [0, 0.05) is 0 Å². The number of aliphatic carboxylic acids is 1. The van der Waals surface area contributed by atoms with Gasteiger partial charge in [0.2, 0.25) is 0 Å². The van der Waals surface area contributed by atoms with E-state index in [1.165, 1.54) is 6.08 Å². The van der Waals surface area contributed by atoms with Gasteiger partial charge in [0.05, 0.1) is 5.97 Å². The van der Waals surface area contributed by atoms with E-state index in [-0.39, 0.29) is 0 Å². The van der Waals surface area contributed by atoms with E-state index >= 15 is 0 Å². The lowest BCUT2D eigenvalue weighted by molar-refractivity contribution is -0.297. The Labute approximate surface area is 48.1 Å². The Morgan fingerprint density at radius 2 is 2.12 bits per heavy atom. The van der Waals surface area contributed by atoms with Gasteiger partial charge in [0.1, 0.15) is 0 Å². The first-order valence-corrected chi connectivity index (χ1v) is 2.27. The summed E-state index contributed by atoms with van der Waals surface area (Å²) in [5.74, 6) is -1.16. The Hall–Kier alpha value is -1.05. The molecule has 0 unspecified atom stereocenters. The number of carboxylic acid groups (broad SMARTS) is 1. The summed E-state index contributed by atoms with van der Waals surface area (Å²) in [5.41, 5.74) is 0. The highest BCUT2D eigenvalue weighted by Gasteiger charge is 1.64. The van der Waals surface area contributed by atoms with E-state index in [0.29, 0.717) is 0 Å². The van der Waals surface area contributed by atoms with Crippen molar-refractivity contribution in [2.75, 3.05) is 0 Å². The highest BCUT2D eigenvalue weighted by molar-refractivity contribution is 5.77. The van der Waals surface area contributed by atoms with E-state index in [1.54, 1.807) is 19.1 Å². The number of carboxylic acids is 1. The summed E-state index contributed by atoms with van der Waals surface area (Å²) >= 11 is 0. The lowest BCUT2D eigenvalue weighted by Gasteiger charge is -1.84. The van der Waals surface area contributed by atoms with Gasteiger partial charge in [0.15, 0.2) is 0 Å². The van der Waals surface area contributed by atoms with E-state index < -0.39 is 5.97 Å². The molecule has 0 rings (SSSR count). The predicted octanol–water partition coefficient (Wildman–Crippen LogP) is -0.131. The molecule has 0 aliphatic carbocycles. The summed E-state index contributed by atoms with van der Waals surface area (Å²) < 4.78 is 0. The monoisotopic (exact) mass is 111 g/mol. The van der Waals surface area contributed by atoms with Gasteiger partial charge in [0.25, 0.3) is 0 Å². The van der Waals surface area contributed by atoms with Crippen molar-refractivity contribution in [3.63, 3.8) is 0 Å². The van der Waals surface area contributed by atoms with Gasteiger partial charge in [-0.05, 0) is 13.0 Å². The second kappa shape index (κ2) is 4.12. The van der Waals surface area contributed by atoms with Gasteiger partial charge in [-0.3, -0.25) is 0 Å². The minimum atomic E-state index is -1.16. The molecule has 0 aromatic carbocycles. The van der Waals surface area contributed by atoms with Crippen molar-refractivity contribution in [2.24, 2.45) is 0 Å². The molecule has 0 fully saturated rings. The van der Waals surface area contributed by atoms with Crippen LogP contribution in [0.3, 0.4) is 0 Å². The van der Waals surface area contributed by atoms with E-state index in [4.69, 9.17) is 0 Å². The Morgan fingerprint density at radius 3 is 2.50 bits per heavy atom. The Bertz CT molecular complexity index is 122. The maximum atomic E-state index is 9.64. The minimum Gasteiger partial charge on any atom is -0.545 e. The maximum Gasteiger partial charge on any atom is 0.0642 e. The fourth-order valence-corrected chi connectivity index (χ4v) is 0.245. The van der Waals surface area contributed by atoms with Gasteiger partial charge in [-0.1, -0.05) is 18.2 Å². The van der Waals surface area contributed by atoms with Crippen molar-refractivity contribution in [1.29, 1.82) is 0 Å². The van der Waals surface area contributed by atoms with Crippen LogP contribution in [0.2, 0.25) is 0 Å². The molecule has 8 heavy (non-hydrogen) atoms. The number of hydrogen-bond acceptors (Lipinski definition) is 2. The molecule has 2 nitrogen and oxygen atoms in total. The van der Waals surface area contributed by atoms with Gasteiger partial charge >= 0.3 is 0 Å². The predicted molar refractivity (Wildman–Crippen MR) is 29.0 cm³/mol. The topological polar surface area (TPSA) is 40.1 Å². The first-order chi connectivity index (χ1) is 3.77. The molecule has 0 aromatic rings. The SMILES string of the molecule is C/C=C/C=C\C(=O)[O-]. The largest absolute Gasteiger partial charge is 0.545 e. The zero-order valence-corrected chi connectivity index (χ0v) is 4.63. The second-order valence-electron chi connectivity index (χ2n) is 1.20. The van der Waals surface area contributed by atoms with Gasteiger partial charge in [-0.25, -0.2) is 0 Å². The number of carbonyl (C=O) groups is 1. The smallest absolute Gasteiger partial charge is 0.0642 e. The summed E-state index contributed by atoms with van der Waals surface area (Å²) in [6.45, 7) is 1.81. The summed E-state index contributed by atoms with van der Waals surface area (Å²) in [6.07, 6.45) is 5.74. The molecular weight excluding hydrogens is 104 g/mol. The Kier molecular flexibility index (Phi) is 3.58. The molecule has 0 aliphatic heterocycles. The quantitative estimate of drug-likeness (QED) is 0.368. The first-order valence-electron chi connectivity index (χ1n) is 2.27. The second-order valence-corrected chi connectivity index (χ2v) is 1.20. The van der Waals surface area contributed by atoms with Crippen LogP contribution in [0.1, 0.15) is 6.92 Å². The average Bonchev–Trinajstić information content (AvgIpc) is 1.66. The Morgan fingerprint density at radius 1 is 1.50 bits per heavy atom. The van der Waals surface area contributed by atoms with Crippen molar-refractivity contribution in [3.05, 3.63) is 24.3 Å². The third-order valence-electron chi connectivity index (χ3n) is 0.536. The molecular formula is C6H7O2-. The fourth-order valence-electron chi connectivity index (χ4n) is 0.245. The van der Waals surface area contributed by atoms with E-state index in [9.17, 15) is 9.90 Å². The number of carbonyl (C=O) groups excluding carboxylic acids is 1. The lowest BCUT2D eigenvalue weighted by atomic mass is 10.4. The highest BCUT2D eigenvalue weighted by atomic mass is 16.4. The van der Waals surface area contributed by atoms with Crippen LogP contribution < -0.4 is 5.11 Å². The maximum absolute atomic E-state index is 9.64. The standard InChI is InChI=1S/C6H8O2/c1-2-3-4-5-6(7)8/h2-5H,1H3,(H,7,8)/p-1/b3-2+,5-4-. The third-order valence-corrected chi connectivity index (χ3v) is 0.536. The van der Waals surface area contributed by atoms with Crippen LogP contribution in [-0.2, 0) is 4.79 Å². The van der Waals surface area contributed by atoms with Crippen LogP contribution in [0.4, 0.5) is 0 Å². The molecule has 2 heteroatoms. The van der Waals surface area contributed by atoms with E-state index in [0.717, 1.165) is 6.08 Å². The average molecular weight is 111 g/mol. The number of hydrogen-bond donors (Lipinski definition) is 0. The van der Waals surface area contributed by atoms with E-state index in [2.05, 4.69) is 0 Å². The van der Waals surface area contributed by atoms with Crippen molar-refractivity contribution in [1.82, 2.24) is 0 Å². The van der Waals surface area contributed by atoms with Crippen molar-refractivity contribution in [3.8, 4) is 0 Å². The summed E-state index contributed by atoms with van der Waals surface area (Å²) in [6, 6.07) is 0. The van der Waals surface area contributed by atoms with Crippen LogP contribution in [0.15, 0.2) is 24.3 Å². The van der Waals surface area contributed by atoms with Crippen LogP contribution in [0.25, 0.3) is 0 Å². The molecule has 0 N–H and O–H groups in total.